The first kappa shape index (κ1) is 24.1. The van der Waals surface area contributed by atoms with Crippen LogP contribution in [0.5, 0.6) is 5.75 Å². The van der Waals surface area contributed by atoms with E-state index < -0.39 is 3.54 Å². The van der Waals surface area contributed by atoms with Crippen LogP contribution in [0.2, 0.25) is 5.15 Å². The first-order valence-corrected chi connectivity index (χ1v) is 12.6. The summed E-state index contributed by atoms with van der Waals surface area (Å²) in [7, 11) is 0. The van der Waals surface area contributed by atoms with Crippen LogP contribution in [0.4, 0.5) is 5.95 Å². The maximum atomic E-state index is 6.22. The van der Waals surface area contributed by atoms with Gasteiger partial charge in [0.15, 0.2) is 3.54 Å². The zero-order valence-corrected chi connectivity index (χ0v) is 21.7. The van der Waals surface area contributed by atoms with E-state index in [9.17, 15) is 0 Å². The highest BCUT2D eigenvalue weighted by molar-refractivity contribution is 8.15. The zero-order chi connectivity index (χ0) is 23.9. The number of thiol groups is 3. The van der Waals surface area contributed by atoms with Gasteiger partial charge in [-0.1, -0.05) is 29.8 Å². The number of benzene rings is 1. The molecule has 180 valence electrons. The summed E-state index contributed by atoms with van der Waals surface area (Å²) in [4.78, 5) is 10.7. The van der Waals surface area contributed by atoms with Gasteiger partial charge in [0.25, 0.3) is 0 Å². The summed E-state index contributed by atoms with van der Waals surface area (Å²) in [6.45, 7) is 3.30. The summed E-state index contributed by atoms with van der Waals surface area (Å²) in [5, 5.41) is 4.86. The summed E-state index contributed by atoms with van der Waals surface area (Å²) >= 11 is 19.4. The van der Waals surface area contributed by atoms with E-state index >= 15 is 0 Å². The van der Waals surface area contributed by atoms with Gasteiger partial charge in [-0.2, -0.15) is 5.10 Å². The molecular weight excluding hydrogens is 512 g/mol. The van der Waals surface area contributed by atoms with Crippen LogP contribution in [-0.2, 0) is 14.7 Å². The predicted molar refractivity (Wildman–Crippen MR) is 142 cm³/mol. The van der Waals surface area contributed by atoms with E-state index in [0.717, 1.165) is 43.0 Å². The van der Waals surface area contributed by atoms with Gasteiger partial charge >= 0.3 is 0 Å². The normalized spacial score (nSPS) is 20.2. The first-order chi connectivity index (χ1) is 16.3. The number of nitrogens with zero attached hydrogens (tertiary/aromatic N) is 5. The second-order valence-electron chi connectivity index (χ2n) is 8.45. The maximum Gasteiger partial charge on any atom is 0.222 e. The highest BCUT2D eigenvalue weighted by Crippen LogP contribution is 2.35. The lowest BCUT2D eigenvalue weighted by Gasteiger charge is -2.26. The van der Waals surface area contributed by atoms with Crippen LogP contribution in [0.1, 0.15) is 17.5 Å². The van der Waals surface area contributed by atoms with Gasteiger partial charge in [0.05, 0.1) is 18.4 Å². The van der Waals surface area contributed by atoms with Crippen LogP contribution in [0.3, 0.4) is 0 Å². The maximum absolute atomic E-state index is 6.22. The molecule has 2 fully saturated rings. The number of aromatic nitrogens is 4. The third kappa shape index (κ3) is 5.29. The van der Waals surface area contributed by atoms with Crippen LogP contribution in [0.15, 0.2) is 36.5 Å². The van der Waals surface area contributed by atoms with Gasteiger partial charge in [-0.25, -0.2) is 14.6 Å². The van der Waals surface area contributed by atoms with Gasteiger partial charge in [0.2, 0.25) is 5.95 Å². The van der Waals surface area contributed by atoms with Gasteiger partial charge in [0.1, 0.15) is 23.2 Å². The highest BCUT2D eigenvalue weighted by atomic mass is 35.5. The number of hydrogen-bond donors (Lipinski definition) is 4. The molecule has 3 aromatic rings. The fourth-order valence-electron chi connectivity index (χ4n) is 4.49. The summed E-state index contributed by atoms with van der Waals surface area (Å²) < 4.78 is 12.3. The lowest BCUT2D eigenvalue weighted by atomic mass is 10.0. The van der Waals surface area contributed by atoms with Gasteiger partial charge in [0, 0.05) is 43.4 Å². The van der Waals surface area contributed by atoms with Crippen LogP contribution >= 0.6 is 49.5 Å². The van der Waals surface area contributed by atoms with Gasteiger partial charge in [-0.05, 0) is 18.1 Å². The third-order valence-corrected chi connectivity index (χ3v) is 6.86. The smallest absolute Gasteiger partial charge is 0.222 e. The Labute approximate surface area is 219 Å². The lowest BCUT2D eigenvalue weighted by molar-refractivity contribution is 0.0257. The number of morpholine rings is 1. The standard InChI is InChI=1S/C22H25ClN6O2S3/c23-19-9-17(25-21(24)26-19)20-14(10-29(27-20)22(32,33)34)7-13-3-1-2-4-18(13)30-6-5-28-11-16-8-15(28)12-31-16/h1-4,9-10,15-16,32-34H,5-8,11-12H2,(H2,24,25,26). The minimum absolute atomic E-state index is 0.0710. The number of rotatable bonds is 8. The van der Waals surface area contributed by atoms with E-state index in [2.05, 4.69) is 57.9 Å². The van der Waals surface area contributed by atoms with Gasteiger partial charge < -0.3 is 15.2 Å². The van der Waals surface area contributed by atoms with E-state index in [-0.39, 0.29) is 11.1 Å². The van der Waals surface area contributed by atoms with Crippen molar-refractivity contribution in [3.63, 3.8) is 0 Å². The largest absolute Gasteiger partial charge is 0.492 e. The quantitative estimate of drug-likeness (QED) is 0.199. The molecular formula is C22H25ClN6O2S3. The number of nitrogen functional groups attached to an aromatic ring is 1. The second-order valence-corrected chi connectivity index (χ2v) is 11.8. The summed E-state index contributed by atoms with van der Waals surface area (Å²) in [5.74, 6) is 0.901. The molecule has 0 radical (unpaired) electrons. The Morgan fingerprint density at radius 1 is 1.21 bits per heavy atom. The average molecular weight is 537 g/mol. The van der Waals surface area contributed by atoms with E-state index in [1.165, 1.54) is 0 Å². The fraction of sp³-hybridized carbons (Fsp3) is 0.409. The van der Waals surface area contributed by atoms with Crippen molar-refractivity contribution in [1.29, 1.82) is 0 Å². The number of hydrogen-bond acceptors (Lipinski definition) is 10. The number of likely N-dealkylation sites (tertiary alicyclic amines) is 1. The molecule has 2 unspecified atom stereocenters. The first-order valence-electron chi connectivity index (χ1n) is 10.9. The molecule has 0 amide bonds. The molecule has 2 aliphatic heterocycles. The zero-order valence-electron chi connectivity index (χ0n) is 18.2. The Morgan fingerprint density at radius 3 is 2.74 bits per heavy atom. The minimum Gasteiger partial charge on any atom is -0.492 e. The van der Waals surface area contributed by atoms with E-state index in [0.29, 0.717) is 36.6 Å². The highest BCUT2D eigenvalue weighted by Gasteiger charge is 2.38. The Bertz CT molecular complexity index is 1170. The summed E-state index contributed by atoms with van der Waals surface area (Å²) in [6, 6.07) is 10.1. The Morgan fingerprint density at radius 2 is 2.03 bits per heavy atom. The van der Waals surface area contributed by atoms with Crippen molar-refractivity contribution in [2.24, 2.45) is 0 Å². The number of ether oxygens (including phenoxy) is 2. The molecule has 1 aromatic carbocycles. The molecule has 2 aliphatic rings. The lowest BCUT2D eigenvalue weighted by Crippen LogP contribution is -2.39. The molecule has 0 aliphatic carbocycles. The van der Waals surface area contributed by atoms with Gasteiger partial charge in [-0.15, -0.1) is 37.9 Å². The van der Waals surface area contributed by atoms with Crippen molar-refractivity contribution in [2.75, 3.05) is 32.0 Å². The average Bonchev–Trinajstić information content (AvgIpc) is 3.50. The topological polar surface area (TPSA) is 91.3 Å². The van der Waals surface area contributed by atoms with Crippen molar-refractivity contribution in [2.45, 2.75) is 28.5 Å². The summed E-state index contributed by atoms with van der Waals surface area (Å²) in [5.41, 5.74) is 8.83. The molecule has 34 heavy (non-hydrogen) atoms. The van der Waals surface area contributed by atoms with Crippen molar-refractivity contribution in [3.05, 3.63) is 52.8 Å². The van der Waals surface area contributed by atoms with E-state index in [4.69, 9.17) is 26.8 Å². The van der Waals surface area contributed by atoms with Crippen LogP contribution < -0.4 is 10.5 Å². The second kappa shape index (κ2) is 9.79. The fourth-order valence-corrected chi connectivity index (χ4v) is 4.98. The number of para-hydroxylation sites is 1. The van der Waals surface area contributed by atoms with Crippen LogP contribution in [0, 0.1) is 0 Å². The molecule has 5 rings (SSSR count). The molecule has 12 heteroatoms. The number of anilines is 1. The van der Waals surface area contributed by atoms with Crippen LogP contribution in [0.25, 0.3) is 11.4 Å². The van der Waals surface area contributed by atoms with Gasteiger partial charge in [-0.3, -0.25) is 4.90 Å². The van der Waals surface area contributed by atoms with Crippen molar-refractivity contribution in [1.82, 2.24) is 24.6 Å². The monoisotopic (exact) mass is 536 g/mol. The Kier molecular flexibility index (Phi) is 6.93. The SMILES string of the molecule is Nc1nc(Cl)cc(-c2nn(C(S)(S)S)cc2Cc2ccccc2OCCN2CC3CC2CO3)n1. The van der Waals surface area contributed by atoms with Crippen molar-refractivity contribution >= 4 is 55.4 Å². The molecule has 2 atom stereocenters. The van der Waals surface area contributed by atoms with E-state index in [1.54, 1.807) is 10.7 Å². The third-order valence-electron chi connectivity index (χ3n) is 6.06. The minimum atomic E-state index is -1.11. The molecule has 2 saturated heterocycles. The molecule has 4 heterocycles. The van der Waals surface area contributed by atoms with Crippen LogP contribution in [-0.4, -0.2) is 63.1 Å². The Balaban J connectivity index is 1.38. The molecule has 0 spiro atoms. The molecule has 8 nitrogen and oxygen atoms in total. The molecule has 2 bridgehead atoms. The number of halogens is 1. The predicted octanol–water partition coefficient (Wildman–Crippen LogP) is 3.38. The van der Waals surface area contributed by atoms with Crippen molar-refractivity contribution < 1.29 is 9.47 Å². The molecule has 2 N–H and O–H groups in total. The number of fused-ring (bicyclic) bond motifs is 2. The molecule has 2 aromatic heterocycles. The summed E-state index contributed by atoms with van der Waals surface area (Å²) in [6.07, 6.45) is 3.89. The van der Waals surface area contributed by atoms with E-state index in [1.807, 2.05) is 30.5 Å². The van der Waals surface area contributed by atoms with Crippen molar-refractivity contribution in [3.8, 4) is 17.1 Å². The Hall–Kier alpha value is -1.63. The number of nitrogens with two attached hydrogens (primary N) is 1. The molecule has 0 saturated carbocycles.